The van der Waals surface area contributed by atoms with E-state index in [2.05, 4.69) is 14.8 Å². The number of rotatable bonds is 9. The summed E-state index contributed by atoms with van der Waals surface area (Å²) in [5.41, 5.74) is 1.36. The normalized spacial score (nSPS) is 11.8. The Hall–Kier alpha value is -3.31. The molecule has 0 saturated carbocycles. The van der Waals surface area contributed by atoms with E-state index in [0.717, 1.165) is 11.0 Å². The summed E-state index contributed by atoms with van der Waals surface area (Å²) in [4.78, 5) is 13.8. The summed E-state index contributed by atoms with van der Waals surface area (Å²) < 4.78 is 56.1. The average Bonchev–Trinajstić information content (AvgIpc) is 3.21. The van der Waals surface area contributed by atoms with Crippen LogP contribution in [0.25, 0.3) is 11.1 Å². The van der Waals surface area contributed by atoms with E-state index in [1.807, 2.05) is 0 Å². The summed E-state index contributed by atoms with van der Waals surface area (Å²) in [5.74, 6) is -0.397. The minimum absolute atomic E-state index is 0.0112. The lowest BCUT2D eigenvalue weighted by molar-refractivity contribution is -0.115. The van der Waals surface area contributed by atoms with Crippen molar-refractivity contribution >= 4 is 39.6 Å². The molecule has 0 fully saturated rings. The molecule has 3 rings (SSSR count). The van der Waals surface area contributed by atoms with E-state index in [9.17, 15) is 22.0 Å². The Morgan fingerprint density at radius 2 is 2.00 bits per heavy atom. The molecule has 8 nitrogen and oxygen atoms in total. The fourth-order valence-corrected chi connectivity index (χ4v) is 4.40. The van der Waals surface area contributed by atoms with Crippen molar-refractivity contribution in [3.8, 4) is 11.1 Å². The monoisotopic (exact) mass is 509 g/mol. The molecule has 0 spiro atoms. The molecule has 0 bridgehead atoms. The fourth-order valence-electron chi connectivity index (χ4n) is 3.03. The minimum Gasteiger partial charge on any atom is -0.368 e. The van der Waals surface area contributed by atoms with E-state index in [4.69, 9.17) is 11.6 Å². The number of sulfonamides is 1. The number of anilines is 1. The Morgan fingerprint density at radius 1 is 1.26 bits per heavy atom. The fraction of sp³-hybridized carbons (Fsp3) is 0.227. The molecule has 1 heterocycles. The molecular formula is C22H22ClF2N5O3S. The highest BCUT2D eigenvalue weighted by molar-refractivity contribution is 7.90. The number of halogens is 3. The molecule has 0 aliphatic heterocycles. The molecule has 1 aromatic heterocycles. The predicted molar refractivity (Wildman–Crippen MR) is 127 cm³/mol. The summed E-state index contributed by atoms with van der Waals surface area (Å²) in [7, 11) is -0.980. The van der Waals surface area contributed by atoms with E-state index in [1.54, 1.807) is 38.4 Å². The molecule has 3 aromatic rings. The topological polar surface area (TPSA) is 96.7 Å². The number of hydrogen-bond donors (Lipinski definition) is 1. The van der Waals surface area contributed by atoms with Crippen molar-refractivity contribution in [3.05, 3.63) is 65.4 Å². The van der Waals surface area contributed by atoms with E-state index in [0.29, 0.717) is 16.1 Å². The standard InChI is InChI=1S/C22H22ClF2N5O3S/c1-29(2)14-27-34(32,33)20-10-17(28-22(31)9-15-5-3-4-6-19(15)23)7-8-18(20)16-11-26-30(12-16)13-21(24)25/h3-8,10-12,14,21H,9,13H2,1-2H3,(H,28,31). The van der Waals surface area contributed by atoms with Crippen LogP contribution in [0.15, 0.2) is 64.2 Å². The molecule has 12 heteroatoms. The smallest absolute Gasteiger partial charge is 0.284 e. The van der Waals surface area contributed by atoms with Crippen LogP contribution < -0.4 is 5.32 Å². The Bertz CT molecular complexity index is 1310. The van der Waals surface area contributed by atoms with Crippen molar-refractivity contribution in [1.29, 1.82) is 0 Å². The molecule has 0 unspecified atom stereocenters. The van der Waals surface area contributed by atoms with Crippen molar-refractivity contribution in [2.24, 2.45) is 4.40 Å². The third kappa shape index (κ3) is 6.61. The van der Waals surface area contributed by atoms with Gasteiger partial charge < -0.3 is 10.2 Å². The number of carbonyl (C=O) groups is 1. The third-order valence-corrected chi connectivity index (χ3v) is 6.17. The number of carbonyl (C=O) groups excluding carboxylic acids is 1. The van der Waals surface area contributed by atoms with Gasteiger partial charge in [0.2, 0.25) is 5.91 Å². The first-order chi connectivity index (χ1) is 16.0. The number of hydrogen-bond acceptors (Lipinski definition) is 4. The molecular weight excluding hydrogens is 488 g/mol. The largest absolute Gasteiger partial charge is 0.368 e. The van der Waals surface area contributed by atoms with Crippen molar-refractivity contribution in [3.63, 3.8) is 0 Å². The molecule has 0 aliphatic carbocycles. The summed E-state index contributed by atoms with van der Waals surface area (Å²) in [6, 6.07) is 11.1. The lowest BCUT2D eigenvalue weighted by Gasteiger charge is -2.12. The van der Waals surface area contributed by atoms with Crippen LogP contribution >= 0.6 is 11.6 Å². The Morgan fingerprint density at radius 3 is 2.68 bits per heavy atom. The van der Waals surface area contributed by atoms with Crippen molar-refractivity contribution < 1.29 is 22.0 Å². The molecule has 34 heavy (non-hydrogen) atoms. The quantitative estimate of drug-likeness (QED) is 0.348. The predicted octanol–water partition coefficient (Wildman–Crippen LogP) is 3.93. The van der Waals surface area contributed by atoms with E-state index in [-0.39, 0.29) is 22.6 Å². The van der Waals surface area contributed by atoms with Gasteiger partial charge in [0.1, 0.15) is 12.9 Å². The van der Waals surface area contributed by atoms with Crippen molar-refractivity contribution in [1.82, 2.24) is 14.7 Å². The zero-order valence-electron chi connectivity index (χ0n) is 18.3. The number of aromatic nitrogens is 2. The maximum absolute atomic E-state index is 13.0. The van der Waals surface area contributed by atoms with Crippen LogP contribution in [-0.4, -0.2) is 55.9 Å². The molecule has 1 N–H and O–H groups in total. The van der Waals surface area contributed by atoms with Gasteiger partial charge in [-0.1, -0.05) is 35.9 Å². The summed E-state index contributed by atoms with van der Waals surface area (Å²) in [5, 5.41) is 6.97. The lowest BCUT2D eigenvalue weighted by Crippen LogP contribution is -2.15. The van der Waals surface area contributed by atoms with Crippen LogP contribution in [0.2, 0.25) is 5.02 Å². The molecule has 180 valence electrons. The molecule has 1 amide bonds. The molecule has 0 saturated heterocycles. The van der Waals surface area contributed by atoms with Crippen LogP contribution in [0.3, 0.4) is 0 Å². The van der Waals surface area contributed by atoms with Gasteiger partial charge in [0.05, 0.1) is 17.5 Å². The van der Waals surface area contributed by atoms with Gasteiger partial charge in [-0.15, -0.1) is 4.40 Å². The highest BCUT2D eigenvalue weighted by Crippen LogP contribution is 2.31. The maximum Gasteiger partial charge on any atom is 0.284 e. The molecule has 0 aliphatic rings. The van der Waals surface area contributed by atoms with Crippen LogP contribution in [0.5, 0.6) is 0 Å². The second kappa shape index (κ2) is 10.7. The third-order valence-electron chi connectivity index (χ3n) is 4.54. The number of benzene rings is 2. The number of amides is 1. The first-order valence-electron chi connectivity index (χ1n) is 10.0. The molecule has 0 atom stereocenters. The number of alkyl halides is 2. The van der Waals surface area contributed by atoms with Gasteiger partial charge in [-0.25, -0.2) is 8.78 Å². The Balaban J connectivity index is 1.96. The summed E-state index contributed by atoms with van der Waals surface area (Å²) in [6.07, 6.45) is 1.12. The summed E-state index contributed by atoms with van der Waals surface area (Å²) >= 11 is 6.10. The van der Waals surface area contributed by atoms with Gasteiger partial charge in [0, 0.05) is 42.1 Å². The SMILES string of the molecule is CN(C)C=NS(=O)(=O)c1cc(NC(=O)Cc2ccccc2Cl)ccc1-c1cnn(CC(F)F)c1. The zero-order valence-corrected chi connectivity index (χ0v) is 19.9. The highest BCUT2D eigenvalue weighted by atomic mass is 35.5. The van der Waals surface area contributed by atoms with Crippen LogP contribution in [0.4, 0.5) is 14.5 Å². The van der Waals surface area contributed by atoms with Crippen molar-refractivity contribution in [2.45, 2.75) is 24.3 Å². The number of nitrogens with one attached hydrogen (secondary N) is 1. The molecule has 0 radical (unpaired) electrons. The van der Waals surface area contributed by atoms with Crippen LogP contribution in [0, 0.1) is 0 Å². The summed E-state index contributed by atoms with van der Waals surface area (Å²) in [6.45, 7) is -0.628. The number of nitrogens with zero attached hydrogens (tertiary/aromatic N) is 4. The van der Waals surface area contributed by atoms with Gasteiger partial charge in [0.25, 0.3) is 16.4 Å². The van der Waals surface area contributed by atoms with E-state index < -0.39 is 28.9 Å². The second-order valence-corrected chi connectivity index (χ2v) is 9.54. The Kier molecular flexibility index (Phi) is 8.00. The minimum atomic E-state index is -4.20. The van der Waals surface area contributed by atoms with Gasteiger partial charge in [-0.05, 0) is 23.8 Å². The van der Waals surface area contributed by atoms with Crippen LogP contribution in [0.1, 0.15) is 5.56 Å². The van der Waals surface area contributed by atoms with Crippen LogP contribution in [-0.2, 0) is 27.8 Å². The maximum atomic E-state index is 13.0. The zero-order chi connectivity index (χ0) is 24.9. The first kappa shape index (κ1) is 25.3. The van der Waals surface area contributed by atoms with E-state index in [1.165, 1.54) is 35.5 Å². The lowest BCUT2D eigenvalue weighted by atomic mass is 10.1. The van der Waals surface area contributed by atoms with Gasteiger partial charge in [0.15, 0.2) is 0 Å². The average molecular weight is 510 g/mol. The van der Waals surface area contributed by atoms with Gasteiger partial charge in [-0.2, -0.15) is 13.5 Å². The van der Waals surface area contributed by atoms with E-state index >= 15 is 0 Å². The Labute approximate surface area is 200 Å². The highest BCUT2D eigenvalue weighted by Gasteiger charge is 2.21. The van der Waals surface area contributed by atoms with Crippen molar-refractivity contribution in [2.75, 3.05) is 19.4 Å². The first-order valence-corrected chi connectivity index (χ1v) is 11.8. The second-order valence-electron chi connectivity index (χ2n) is 7.53. The van der Waals surface area contributed by atoms with Gasteiger partial charge >= 0.3 is 0 Å². The molecule has 2 aromatic carbocycles. The van der Waals surface area contributed by atoms with Gasteiger partial charge in [-0.3, -0.25) is 9.48 Å².